The first-order valence-corrected chi connectivity index (χ1v) is 8.38. The fourth-order valence-electron chi connectivity index (χ4n) is 2.50. The van der Waals surface area contributed by atoms with Crippen LogP contribution in [0.25, 0.3) is 11.0 Å². The van der Waals surface area contributed by atoms with E-state index < -0.39 is 11.6 Å². The second-order valence-corrected chi connectivity index (χ2v) is 6.37. The van der Waals surface area contributed by atoms with Gasteiger partial charge in [-0.3, -0.25) is 0 Å². The number of hydrogen-bond donors (Lipinski definition) is 0. The van der Waals surface area contributed by atoms with Gasteiger partial charge < -0.3 is 13.9 Å². The number of halogens is 1. The third-order valence-corrected chi connectivity index (χ3v) is 4.22. The minimum absolute atomic E-state index is 0.0393. The number of esters is 1. The highest BCUT2D eigenvalue weighted by molar-refractivity contribution is 6.30. The first-order chi connectivity index (χ1) is 12.4. The van der Waals surface area contributed by atoms with E-state index in [4.69, 9.17) is 25.5 Å². The predicted octanol–water partition coefficient (Wildman–Crippen LogP) is 4.19. The van der Waals surface area contributed by atoms with E-state index in [1.54, 1.807) is 30.3 Å². The molecule has 0 fully saturated rings. The van der Waals surface area contributed by atoms with Crippen molar-refractivity contribution in [2.75, 3.05) is 6.61 Å². The molecule has 134 valence electrons. The van der Waals surface area contributed by atoms with Gasteiger partial charge in [-0.2, -0.15) is 0 Å². The highest BCUT2D eigenvalue weighted by Crippen LogP contribution is 2.22. The Balaban J connectivity index is 1.70. The van der Waals surface area contributed by atoms with Crippen LogP contribution >= 0.6 is 11.6 Å². The molecular weight excluding hydrogens is 356 g/mol. The molecule has 0 saturated carbocycles. The maximum Gasteiger partial charge on any atom is 0.344 e. The van der Waals surface area contributed by atoms with Gasteiger partial charge in [-0.1, -0.05) is 17.7 Å². The summed E-state index contributed by atoms with van der Waals surface area (Å²) in [7, 11) is 0. The molecule has 6 heteroatoms. The average molecular weight is 373 g/mol. The average Bonchev–Trinajstić information content (AvgIpc) is 2.59. The Morgan fingerprint density at radius 2 is 1.88 bits per heavy atom. The zero-order valence-corrected chi connectivity index (χ0v) is 15.1. The van der Waals surface area contributed by atoms with Gasteiger partial charge in [-0.05, 0) is 55.3 Å². The molecule has 0 unspecified atom stereocenters. The summed E-state index contributed by atoms with van der Waals surface area (Å²) in [5.41, 5.74) is 2.66. The van der Waals surface area contributed by atoms with Crippen LogP contribution in [0.2, 0.25) is 5.02 Å². The van der Waals surface area contributed by atoms with Crippen LogP contribution in [0.3, 0.4) is 0 Å². The van der Waals surface area contributed by atoms with Crippen molar-refractivity contribution in [1.82, 2.24) is 0 Å². The Morgan fingerprint density at radius 3 is 2.65 bits per heavy atom. The fourth-order valence-corrected chi connectivity index (χ4v) is 2.68. The summed E-state index contributed by atoms with van der Waals surface area (Å²) in [5.74, 6) is -0.0680. The highest BCUT2D eigenvalue weighted by atomic mass is 35.5. The number of carbonyl (C=O) groups excluding carboxylic acids is 1. The summed E-state index contributed by atoms with van der Waals surface area (Å²) in [6, 6.07) is 11.8. The third-order valence-electron chi connectivity index (χ3n) is 3.99. The molecule has 0 radical (unpaired) electrons. The molecule has 0 N–H and O–H groups in total. The zero-order chi connectivity index (χ0) is 18.7. The molecule has 0 amide bonds. The van der Waals surface area contributed by atoms with Crippen LogP contribution in [-0.4, -0.2) is 12.6 Å². The largest absolute Gasteiger partial charge is 0.482 e. The van der Waals surface area contributed by atoms with E-state index in [0.717, 1.165) is 16.5 Å². The highest BCUT2D eigenvalue weighted by Gasteiger charge is 2.11. The van der Waals surface area contributed by atoms with Crippen LogP contribution in [0.15, 0.2) is 51.7 Å². The summed E-state index contributed by atoms with van der Waals surface area (Å²) < 4.78 is 15.8. The molecule has 0 saturated heterocycles. The number of hydrogen-bond acceptors (Lipinski definition) is 5. The molecule has 2 aromatic carbocycles. The molecule has 0 bridgehead atoms. The summed E-state index contributed by atoms with van der Waals surface area (Å²) >= 11 is 5.86. The Hall–Kier alpha value is -2.79. The van der Waals surface area contributed by atoms with Crippen molar-refractivity contribution < 1.29 is 18.7 Å². The molecule has 3 rings (SSSR count). The van der Waals surface area contributed by atoms with Crippen LogP contribution < -0.4 is 10.4 Å². The molecule has 3 aromatic rings. The smallest absolute Gasteiger partial charge is 0.344 e. The Kier molecular flexibility index (Phi) is 5.28. The topological polar surface area (TPSA) is 65.7 Å². The van der Waals surface area contributed by atoms with E-state index in [1.807, 2.05) is 19.9 Å². The van der Waals surface area contributed by atoms with Gasteiger partial charge in [0.05, 0.1) is 0 Å². The van der Waals surface area contributed by atoms with Gasteiger partial charge in [0.25, 0.3) is 0 Å². The van der Waals surface area contributed by atoms with Gasteiger partial charge in [0, 0.05) is 22.0 Å². The minimum Gasteiger partial charge on any atom is -0.482 e. The second kappa shape index (κ2) is 7.62. The lowest BCUT2D eigenvalue weighted by atomic mass is 10.0. The quantitative estimate of drug-likeness (QED) is 0.496. The van der Waals surface area contributed by atoms with Crippen LogP contribution in [0, 0.1) is 13.8 Å². The molecule has 5 nitrogen and oxygen atoms in total. The summed E-state index contributed by atoms with van der Waals surface area (Å²) in [6.07, 6.45) is 0. The number of aryl methyl sites for hydroxylation is 2. The number of benzene rings is 2. The maximum absolute atomic E-state index is 11.9. The van der Waals surface area contributed by atoms with E-state index in [2.05, 4.69) is 0 Å². The van der Waals surface area contributed by atoms with Gasteiger partial charge in [0.1, 0.15) is 17.9 Å². The SMILES string of the molecule is Cc1cc2oc(=O)cc(COC(=O)COc3cccc(Cl)c3)c2cc1C. The third kappa shape index (κ3) is 4.24. The van der Waals surface area contributed by atoms with Crippen molar-refractivity contribution in [1.29, 1.82) is 0 Å². The zero-order valence-electron chi connectivity index (χ0n) is 14.4. The molecule has 0 atom stereocenters. The molecule has 0 aliphatic carbocycles. The normalized spacial score (nSPS) is 10.7. The number of fused-ring (bicyclic) bond motifs is 1. The Morgan fingerprint density at radius 1 is 1.12 bits per heavy atom. The first kappa shape index (κ1) is 18.0. The lowest BCUT2D eigenvalue weighted by Crippen LogP contribution is -2.15. The van der Waals surface area contributed by atoms with E-state index in [0.29, 0.717) is 21.9 Å². The number of rotatable bonds is 5. The van der Waals surface area contributed by atoms with Crippen LogP contribution in [-0.2, 0) is 16.1 Å². The first-order valence-electron chi connectivity index (χ1n) is 8.00. The lowest BCUT2D eigenvalue weighted by Gasteiger charge is -2.10. The van der Waals surface area contributed by atoms with Gasteiger partial charge in [-0.25, -0.2) is 9.59 Å². The molecule has 0 aliphatic heterocycles. The van der Waals surface area contributed by atoms with E-state index in [9.17, 15) is 9.59 Å². The van der Waals surface area contributed by atoms with Crippen molar-refractivity contribution >= 4 is 28.5 Å². The summed E-state index contributed by atoms with van der Waals surface area (Å²) in [4.78, 5) is 23.7. The van der Waals surface area contributed by atoms with Crippen LogP contribution in [0.1, 0.15) is 16.7 Å². The molecule has 0 aliphatic rings. The maximum atomic E-state index is 11.9. The van der Waals surface area contributed by atoms with Gasteiger partial charge >= 0.3 is 11.6 Å². The van der Waals surface area contributed by atoms with Gasteiger partial charge in [0.2, 0.25) is 0 Å². The molecular formula is C20H17ClO5. The summed E-state index contributed by atoms with van der Waals surface area (Å²) in [5, 5.41) is 1.26. The van der Waals surface area contributed by atoms with Gasteiger partial charge in [-0.15, -0.1) is 0 Å². The molecule has 1 heterocycles. The van der Waals surface area contributed by atoms with Crippen molar-refractivity contribution in [3.05, 3.63) is 74.6 Å². The predicted molar refractivity (Wildman–Crippen MR) is 98.7 cm³/mol. The molecule has 1 aromatic heterocycles. The van der Waals surface area contributed by atoms with Crippen molar-refractivity contribution in [3.8, 4) is 5.75 Å². The molecule has 0 spiro atoms. The number of carbonyl (C=O) groups is 1. The fraction of sp³-hybridized carbons (Fsp3) is 0.200. The van der Waals surface area contributed by atoms with E-state index in [-0.39, 0.29) is 13.2 Å². The second-order valence-electron chi connectivity index (χ2n) is 5.93. The van der Waals surface area contributed by atoms with Crippen molar-refractivity contribution in [3.63, 3.8) is 0 Å². The Bertz CT molecular complexity index is 1020. The van der Waals surface area contributed by atoms with Crippen LogP contribution in [0.5, 0.6) is 5.75 Å². The van der Waals surface area contributed by atoms with Crippen molar-refractivity contribution in [2.24, 2.45) is 0 Å². The molecule has 26 heavy (non-hydrogen) atoms. The number of ether oxygens (including phenoxy) is 2. The summed E-state index contributed by atoms with van der Waals surface area (Å²) in [6.45, 7) is 3.61. The van der Waals surface area contributed by atoms with Crippen LogP contribution in [0.4, 0.5) is 0 Å². The van der Waals surface area contributed by atoms with Gasteiger partial charge in [0.15, 0.2) is 6.61 Å². The van der Waals surface area contributed by atoms with Crippen molar-refractivity contribution in [2.45, 2.75) is 20.5 Å². The lowest BCUT2D eigenvalue weighted by molar-refractivity contribution is -0.147. The van der Waals surface area contributed by atoms with E-state index in [1.165, 1.54) is 6.07 Å². The monoisotopic (exact) mass is 372 g/mol. The minimum atomic E-state index is -0.546. The standard InChI is InChI=1S/C20H17ClO5/c1-12-6-17-14(8-19(22)26-18(17)7-13(12)2)10-25-20(23)11-24-16-5-3-4-15(21)9-16/h3-9H,10-11H2,1-2H3. The Labute approximate surface area is 155 Å². The van der Waals surface area contributed by atoms with E-state index >= 15 is 0 Å².